The van der Waals surface area contributed by atoms with E-state index in [9.17, 15) is 4.79 Å². The van der Waals surface area contributed by atoms with E-state index in [1.165, 1.54) is 20.0 Å². The van der Waals surface area contributed by atoms with Gasteiger partial charge in [0.1, 0.15) is 5.54 Å². The van der Waals surface area contributed by atoms with Gasteiger partial charge in [0.05, 0.1) is 7.11 Å². The second-order valence-corrected chi connectivity index (χ2v) is 6.07. The summed E-state index contributed by atoms with van der Waals surface area (Å²) in [5.41, 5.74) is 5.10. The number of hydrogen-bond acceptors (Lipinski definition) is 5. The zero-order valence-corrected chi connectivity index (χ0v) is 12.8. The molecule has 1 heterocycles. The van der Waals surface area contributed by atoms with Gasteiger partial charge in [-0.3, -0.25) is 4.79 Å². The van der Waals surface area contributed by atoms with Gasteiger partial charge in [-0.1, -0.05) is 0 Å². The van der Waals surface area contributed by atoms with Crippen molar-refractivity contribution in [2.45, 2.75) is 44.2 Å². The molecule has 0 spiro atoms. The first kappa shape index (κ1) is 16.4. The molecule has 1 rings (SSSR count). The van der Waals surface area contributed by atoms with Gasteiger partial charge in [0, 0.05) is 12.6 Å². The predicted molar refractivity (Wildman–Crippen MR) is 77.0 cm³/mol. The molecule has 1 aliphatic heterocycles. The average molecular weight is 271 g/mol. The predicted octanol–water partition coefficient (Wildman–Crippen LogP) is 0.683. The van der Waals surface area contributed by atoms with Crippen molar-refractivity contribution in [3.8, 4) is 0 Å². The summed E-state index contributed by atoms with van der Waals surface area (Å²) < 4.78 is 4.72. The van der Waals surface area contributed by atoms with E-state index >= 15 is 0 Å². The summed E-state index contributed by atoms with van der Waals surface area (Å²) in [6, 6.07) is 0.651. The topological polar surface area (TPSA) is 58.8 Å². The van der Waals surface area contributed by atoms with E-state index in [1.54, 1.807) is 6.92 Å². The molecule has 5 heteroatoms. The monoisotopic (exact) mass is 271 g/mol. The zero-order chi connectivity index (χ0) is 14.5. The number of nitrogens with two attached hydrogens (primary N) is 1. The van der Waals surface area contributed by atoms with Gasteiger partial charge in [0.25, 0.3) is 0 Å². The molecule has 1 saturated heterocycles. The highest BCUT2D eigenvalue weighted by atomic mass is 16.5. The Morgan fingerprint density at radius 2 is 2.21 bits per heavy atom. The average Bonchev–Trinajstić information content (AvgIpc) is 2.37. The molecule has 0 aromatic carbocycles. The zero-order valence-electron chi connectivity index (χ0n) is 12.8. The van der Waals surface area contributed by atoms with E-state index in [1.807, 2.05) is 0 Å². The van der Waals surface area contributed by atoms with Crippen molar-refractivity contribution in [2.75, 3.05) is 40.8 Å². The van der Waals surface area contributed by atoms with Crippen LogP contribution < -0.4 is 5.73 Å². The lowest BCUT2D eigenvalue weighted by atomic mass is 9.96. The molecule has 5 nitrogen and oxygen atoms in total. The summed E-state index contributed by atoms with van der Waals surface area (Å²) >= 11 is 0. The van der Waals surface area contributed by atoms with Crippen LogP contribution in [-0.2, 0) is 9.53 Å². The number of likely N-dealkylation sites (N-methyl/N-ethyl adjacent to an activating group) is 1. The Morgan fingerprint density at radius 3 is 2.79 bits per heavy atom. The van der Waals surface area contributed by atoms with E-state index in [0.29, 0.717) is 12.5 Å². The number of nitrogens with zero attached hydrogens (tertiary/aromatic N) is 2. The maximum atomic E-state index is 11.5. The number of esters is 1. The maximum absolute atomic E-state index is 11.5. The molecule has 2 N–H and O–H groups in total. The van der Waals surface area contributed by atoms with Crippen molar-refractivity contribution in [3.05, 3.63) is 0 Å². The number of piperidine rings is 1. The van der Waals surface area contributed by atoms with Crippen molar-refractivity contribution in [1.29, 1.82) is 0 Å². The molecule has 0 amide bonds. The molecular formula is C14H29N3O2. The molecule has 0 aliphatic carbocycles. The maximum Gasteiger partial charge on any atom is 0.325 e. The number of ether oxygens (including phenoxy) is 1. The molecule has 0 bridgehead atoms. The Hall–Kier alpha value is -0.650. The molecule has 1 aliphatic rings. The van der Waals surface area contributed by atoms with Crippen LogP contribution in [0.25, 0.3) is 0 Å². The van der Waals surface area contributed by atoms with Crippen molar-refractivity contribution in [1.82, 2.24) is 9.80 Å². The van der Waals surface area contributed by atoms with Gasteiger partial charge in [-0.15, -0.1) is 0 Å². The SMILES string of the molecule is COC(=O)C(C)(N)CCCN1CCCC(N(C)C)C1. The molecule has 0 saturated carbocycles. The lowest BCUT2D eigenvalue weighted by molar-refractivity contribution is -0.146. The van der Waals surface area contributed by atoms with Crippen LogP contribution in [0.15, 0.2) is 0 Å². The Kier molecular flexibility index (Phi) is 6.23. The van der Waals surface area contributed by atoms with Crippen LogP contribution in [0.5, 0.6) is 0 Å². The van der Waals surface area contributed by atoms with Crippen LogP contribution in [0.4, 0.5) is 0 Å². The number of hydrogen-bond donors (Lipinski definition) is 1. The molecule has 2 unspecified atom stereocenters. The number of rotatable bonds is 6. The van der Waals surface area contributed by atoms with Gasteiger partial charge < -0.3 is 20.3 Å². The minimum atomic E-state index is -0.856. The van der Waals surface area contributed by atoms with Crippen LogP contribution in [0, 0.1) is 0 Å². The third kappa shape index (κ3) is 5.09. The fourth-order valence-corrected chi connectivity index (χ4v) is 2.66. The summed E-state index contributed by atoms with van der Waals surface area (Å²) in [6.45, 7) is 5.03. The summed E-state index contributed by atoms with van der Waals surface area (Å²) in [6.07, 6.45) is 4.13. The molecule has 112 valence electrons. The molecule has 0 aromatic rings. The molecule has 2 atom stereocenters. The first-order valence-corrected chi connectivity index (χ1v) is 7.13. The summed E-state index contributed by atoms with van der Waals surface area (Å²) in [4.78, 5) is 16.3. The second kappa shape index (κ2) is 7.22. The third-order valence-corrected chi connectivity index (χ3v) is 4.03. The highest BCUT2D eigenvalue weighted by Gasteiger charge is 2.29. The van der Waals surface area contributed by atoms with Crippen molar-refractivity contribution >= 4 is 5.97 Å². The van der Waals surface area contributed by atoms with Crippen molar-refractivity contribution < 1.29 is 9.53 Å². The van der Waals surface area contributed by atoms with E-state index in [2.05, 4.69) is 23.9 Å². The largest absolute Gasteiger partial charge is 0.468 e. The van der Waals surface area contributed by atoms with Gasteiger partial charge in [-0.2, -0.15) is 0 Å². The highest BCUT2D eigenvalue weighted by Crippen LogP contribution is 2.16. The van der Waals surface area contributed by atoms with E-state index in [4.69, 9.17) is 10.5 Å². The number of methoxy groups -OCH3 is 1. The normalized spacial score (nSPS) is 24.2. The van der Waals surface area contributed by atoms with Crippen LogP contribution in [0.3, 0.4) is 0 Å². The van der Waals surface area contributed by atoms with Crippen LogP contribution in [0.2, 0.25) is 0 Å². The van der Waals surface area contributed by atoms with Gasteiger partial charge in [0.15, 0.2) is 0 Å². The Labute approximate surface area is 117 Å². The molecule has 0 aromatic heterocycles. The van der Waals surface area contributed by atoms with Gasteiger partial charge in [-0.05, 0) is 59.8 Å². The molecular weight excluding hydrogens is 242 g/mol. The van der Waals surface area contributed by atoms with Crippen molar-refractivity contribution in [3.63, 3.8) is 0 Å². The third-order valence-electron chi connectivity index (χ3n) is 4.03. The number of carbonyl (C=O) groups excluding carboxylic acids is 1. The molecule has 0 radical (unpaired) electrons. The summed E-state index contributed by atoms with van der Waals surface area (Å²) in [5.74, 6) is -0.322. The minimum absolute atomic E-state index is 0.322. The number of likely N-dealkylation sites (tertiary alicyclic amines) is 1. The fraction of sp³-hybridized carbons (Fsp3) is 0.929. The quantitative estimate of drug-likeness (QED) is 0.720. The minimum Gasteiger partial charge on any atom is -0.468 e. The van der Waals surface area contributed by atoms with Gasteiger partial charge in [-0.25, -0.2) is 0 Å². The van der Waals surface area contributed by atoms with Gasteiger partial charge in [0.2, 0.25) is 0 Å². The van der Waals surface area contributed by atoms with Crippen LogP contribution in [-0.4, -0.2) is 68.2 Å². The Morgan fingerprint density at radius 1 is 1.53 bits per heavy atom. The van der Waals surface area contributed by atoms with E-state index in [0.717, 1.165) is 26.1 Å². The van der Waals surface area contributed by atoms with Crippen LogP contribution >= 0.6 is 0 Å². The fourth-order valence-electron chi connectivity index (χ4n) is 2.66. The van der Waals surface area contributed by atoms with E-state index < -0.39 is 5.54 Å². The summed E-state index contributed by atoms with van der Waals surface area (Å²) in [7, 11) is 5.67. The van der Waals surface area contributed by atoms with E-state index in [-0.39, 0.29) is 5.97 Å². The van der Waals surface area contributed by atoms with Crippen LogP contribution in [0.1, 0.15) is 32.6 Å². The standard InChI is InChI=1S/C14H29N3O2/c1-14(15,13(18)19-4)8-6-10-17-9-5-7-12(11-17)16(2)3/h12H,5-11,15H2,1-4H3. The summed E-state index contributed by atoms with van der Waals surface area (Å²) in [5, 5.41) is 0. The first-order valence-electron chi connectivity index (χ1n) is 7.13. The number of carbonyl (C=O) groups is 1. The second-order valence-electron chi connectivity index (χ2n) is 6.07. The smallest absolute Gasteiger partial charge is 0.325 e. The lowest BCUT2D eigenvalue weighted by Crippen LogP contribution is -2.48. The lowest BCUT2D eigenvalue weighted by Gasteiger charge is -2.36. The Bertz CT molecular complexity index is 292. The molecule has 19 heavy (non-hydrogen) atoms. The van der Waals surface area contributed by atoms with Crippen molar-refractivity contribution in [2.24, 2.45) is 5.73 Å². The molecule has 1 fully saturated rings. The highest BCUT2D eigenvalue weighted by molar-refractivity contribution is 5.79. The Balaban J connectivity index is 2.31. The van der Waals surface area contributed by atoms with Gasteiger partial charge >= 0.3 is 5.97 Å². The first-order chi connectivity index (χ1) is 8.86.